The highest BCUT2D eigenvalue weighted by atomic mass is 19.3. The maximum Gasteiger partial charge on any atom is 0.341 e. The van der Waals surface area contributed by atoms with Gasteiger partial charge in [-0.2, -0.15) is 13.9 Å². The lowest BCUT2D eigenvalue weighted by molar-refractivity contribution is 0.0507. The monoisotopic (exact) mass is 320 g/mol. The van der Waals surface area contributed by atoms with Gasteiger partial charge in [-0.3, -0.25) is 4.68 Å². The highest BCUT2D eigenvalue weighted by Gasteiger charge is 2.15. The van der Waals surface area contributed by atoms with E-state index in [1.807, 2.05) is 30.3 Å². The standard InChI is InChI=1S/C17H18F2N2O2/c1-12(16(18)19)8-9-23-17(22)15-11-21(20-13(15)2)10-14-6-4-3-5-7-14/h3-7,11H,8-10H2,1-2H3. The quantitative estimate of drug-likeness (QED) is 0.757. The summed E-state index contributed by atoms with van der Waals surface area (Å²) in [4.78, 5) is 12.0. The smallest absolute Gasteiger partial charge is 0.341 e. The Morgan fingerprint density at radius 2 is 1.96 bits per heavy atom. The Balaban J connectivity index is 1.97. The fourth-order valence-corrected chi connectivity index (χ4v) is 2.04. The number of ether oxygens (including phenoxy) is 1. The van der Waals surface area contributed by atoms with Crippen LogP contribution in [-0.2, 0) is 11.3 Å². The van der Waals surface area contributed by atoms with Gasteiger partial charge in [-0.15, -0.1) is 0 Å². The first-order chi connectivity index (χ1) is 11.0. The van der Waals surface area contributed by atoms with Gasteiger partial charge in [0.1, 0.15) is 5.56 Å². The molecule has 1 heterocycles. The number of rotatable bonds is 6. The van der Waals surface area contributed by atoms with Crippen LogP contribution in [-0.4, -0.2) is 22.4 Å². The number of carbonyl (C=O) groups is 1. The van der Waals surface area contributed by atoms with Crippen LogP contribution in [0.3, 0.4) is 0 Å². The Hall–Kier alpha value is -2.50. The lowest BCUT2D eigenvalue weighted by atomic mass is 10.2. The summed E-state index contributed by atoms with van der Waals surface area (Å²) >= 11 is 0. The molecule has 23 heavy (non-hydrogen) atoms. The molecule has 0 aliphatic carbocycles. The van der Waals surface area contributed by atoms with Crippen LogP contribution in [0.15, 0.2) is 48.2 Å². The van der Waals surface area contributed by atoms with Gasteiger partial charge in [0.15, 0.2) is 0 Å². The molecule has 122 valence electrons. The maximum atomic E-state index is 12.3. The van der Waals surface area contributed by atoms with Crippen LogP contribution in [0.25, 0.3) is 0 Å². The molecule has 0 unspecified atom stereocenters. The van der Waals surface area contributed by atoms with Crippen molar-refractivity contribution in [2.45, 2.75) is 26.8 Å². The van der Waals surface area contributed by atoms with E-state index in [4.69, 9.17) is 4.74 Å². The van der Waals surface area contributed by atoms with Crippen LogP contribution in [0, 0.1) is 6.92 Å². The second-order valence-electron chi connectivity index (χ2n) is 5.24. The molecule has 0 spiro atoms. The highest BCUT2D eigenvalue weighted by molar-refractivity contribution is 5.90. The normalized spacial score (nSPS) is 10.4. The van der Waals surface area contributed by atoms with Crippen molar-refractivity contribution in [3.05, 3.63) is 65.0 Å². The minimum Gasteiger partial charge on any atom is -0.462 e. The van der Waals surface area contributed by atoms with Crippen molar-refractivity contribution < 1.29 is 18.3 Å². The Bertz CT molecular complexity index is 705. The van der Waals surface area contributed by atoms with E-state index in [0.29, 0.717) is 17.8 Å². The third-order valence-corrected chi connectivity index (χ3v) is 3.39. The summed E-state index contributed by atoms with van der Waals surface area (Å²) < 4.78 is 31.2. The van der Waals surface area contributed by atoms with E-state index < -0.39 is 12.0 Å². The summed E-state index contributed by atoms with van der Waals surface area (Å²) in [5.41, 5.74) is 1.89. The van der Waals surface area contributed by atoms with E-state index in [1.165, 1.54) is 6.92 Å². The van der Waals surface area contributed by atoms with Crippen molar-refractivity contribution >= 4 is 5.97 Å². The van der Waals surface area contributed by atoms with Crippen LogP contribution in [0.1, 0.15) is 35.0 Å². The first-order valence-corrected chi connectivity index (χ1v) is 7.23. The Labute approximate surface area is 133 Å². The predicted octanol–water partition coefficient (Wildman–Crippen LogP) is 3.96. The molecule has 0 amide bonds. The molecule has 0 N–H and O–H groups in total. The van der Waals surface area contributed by atoms with E-state index in [-0.39, 0.29) is 18.6 Å². The molecule has 0 bridgehead atoms. The van der Waals surface area contributed by atoms with Gasteiger partial charge in [-0.05, 0) is 25.0 Å². The fraction of sp³-hybridized carbons (Fsp3) is 0.294. The molecular formula is C17H18F2N2O2. The number of halogens is 2. The number of esters is 1. The zero-order valence-electron chi connectivity index (χ0n) is 13.1. The molecule has 1 aromatic carbocycles. The first kappa shape index (κ1) is 16.9. The van der Waals surface area contributed by atoms with Gasteiger partial charge >= 0.3 is 5.97 Å². The molecule has 0 aliphatic heterocycles. The average Bonchev–Trinajstić information content (AvgIpc) is 2.88. The van der Waals surface area contributed by atoms with Crippen LogP contribution >= 0.6 is 0 Å². The van der Waals surface area contributed by atoms with Crippen molar-refractivity contribution in [3.63, 3.8) is 0 Å². The Kier molecular flexibility index (Phi) is 5.62. The SMILES string of the molecule is CC(CCOC(=O)c1cn(Cc2ccccc2)nc1C)=C(F)F. The zero-order chi connectivity index (χ0) is 16.8. The van der Waals surface area contributed by atoms with Crippen molar-refractivity contribution in [1.82, 2.24) is 9.78 Å². The van der Waals surface area contributed by atoms with Crippen molar-refractivity contribution in [3.8, 4) is 0 Å². The van der Waals surface area contributed by atoms with Crippen molar-refractivity contribution in [2.24, 2.45) is 0 Å². The summed E-state index contributed by atoms with van der Waals surface area (Å²) in [7, 11) is 0. The van der Waals surface area contributed by atoms with E-state index in [9.17, 15) is 13.6 Å². The molecule has 6 heteroatoms. The molecular weight excluding hydrogens is 302 g/mol. The summed E-state index contributed by atoms with van der Waals surface area (Å²) in [5, 5.41) is 4.28. The lowest BCUT2D eigenvalue weighted by Gasteiger charge is -2.03. The largest absolute Gasteiger partial charge is 0.462 e. The number of carbonyl (C=O) groups excluding carboxylic acids is 1. The van der Waals surface area contributed by atoms with Crippen LogP contribution in [0.5, 0.6) is 0 Å². The third kappa shape index (κ3) is 4.74. The summed E-state index contributed by atoms with van der Waals surface area (Å²) in [6.07, 6.45) is -0.0955. The van der Waals surface area contributed by atoms with Gasteiger partial charge in [0.25, 0.3) is 6.08 Å². The molecule has 0 saturated heterocycles. The van der Waals surface area contributed by atoms with E-state index in [1.54, 1.807) is 17.8 Å². The average molecular weight is 320 g/mol. The first-order valence-electron chi connectivity index (χ1n) is 7.23. The molecule has 0 fully saturated rings. The fourth-order valence-electron chi connectivity index (χ4n) is 2.04. The maximum absolute atomic E-state index is 12.3. The lowest BCUT2D eigenvalue weighted by Crippen LogP contribution is -2.07. The predicted molar refractivity (Wildman–Crippen MR) is 82.3 cm³/mol. The number of benzene rings is 1. The number of hydrogen-bond acceptors (Lipinski definition) is 3. The van der Waals surface area contributed by atoms with E-state index in [0.717, 1.165) is 5.56 Å². The van der Waals surface area contributed by atoms with E-state index in [2.05, 4.69) is 5.10 Å². The van der Waals surface area contributed by atoms with Crippen LogP contribution in [0.2, 0.25) is 0 Å². The molecule has 2 aromatic rings. The minimum absolute atomic E-state index is 0.0191. The molecule has 0 radical (unpaired) electrons. The second kappa shape index (κ2) is 7.67. The van der Waals surface area contributed by atoms with Gasteiger partial charge in [-0.25, -0.2) is 4.79 Å². The highest BCUT2D eigenvalue weighted by Crippen LogP contribution is 2.13. The van der Waals surface area contributed by atoms with Gasteiger partial charge < -0.3 is 4.74 Å². The zero-order valence-corrected chi connectivity index (χ0v) is 13.1. The molecule has 0 saturated carbocycles. The van der Waals surface area contributed by atoms with Crippen molar-refractivity contribution in [1.29, 1.82) is 0 Å². The number of aryl methyl sites for hydroxylation is 1. The molecule has 2 rings (SSSR count). The van der Waals surface area contributed by atoms with Gasteiger partial charge in [0.05, 0.1) is 18.8 Å². The molecule has 4 nitrogen and oxygen atoms in total. The van der Waals surface area contributed by atoms with Gasteiger partial charge in [-0.1, -0.05) is 30.3 Å². The van der Waals surface area contributed by atoms with E-state index >= 15 is 0 Å². The third-order valence-electron chi connectivity index (χ3n) is 3.39. The second-order valence-corrected chi connectivity index (χ2v) is 5.24. The number of nitrogens with zero attached hydrogens (tertiary/aromatic N) is 2. The Morgan fingerprint density at radius 3 is 2.61 bits per heavy atom. The summed E-state index contributed by atoms with van der Waals surface area (Å²) in [6, 6.07) is 9.73. The summed E-state index contributed by atoms with van der Waals surface area (Å²) in [5.74, 6) is -0.547. The van der Waals surface area contributed by atoms with Gasteiger partial charge in [0.2, 0.25) is 0 Å². The Morgan fingerprint density at radius 1 is 1.26 bits per heavy atom. The van der Waals surface area contributed by atoms with Crippen LogP contribution < -0.4 is 0 Å². The molecule has 0 aliphatic rings. The molecule has 1 aromatic heterocycles. The van der Waals surface area contributed by atoms with Crippen LogP contribution in [0.4, 0.5) is 8.78 Å². The number of hydrogen-bond donors (Lipinski definition) is 0. The number of aromatic nitrogens is 2. The topological polar surface area (TPSA) is 44.1 Å². The molecule has 0 atom stereocenters. The van der Waals surface area contributed by atoms with Gasteiger partial charge in [0, 0.05) is 12.6 Å². The van der Waals surface area contributed by atoms with Crippen molar-refractivity contribution in [2.75, 3.05) is 6.61 Å². The minimum atomic E-state index is -1.73. The summed E-state index contributed by atoms with van der Waals surface area (Å²) in [6.45, 7) is 3.49.